The molecule has 0 spiro atoms. The summed E-state index contributed by atoms with van der Waals surface area (Å²) < 4.78 is 12.1. The Hall–Kier alpha value is -0.950. The van der Waals surface area contributed by atoms with Gasteiger partial charge in [0.25, 0.3) is 5.91 Å². The Bertz CT molecular complexity index is 520. The van der Waals surface area contributed by atoms with Crippen LogP contribution in [-0.4, -0.2) is 67.8 Å². The van der Waals surface area contributed by atoms with E-state index in [-0.39, 0.29) is 12.0 Å². The zero-order valence-corrected chi connectivity index (χ0v) is 14.1. The largest absolute Gasteiger partial charge is 0.378 e. The number of ether oxygens (including phenoxy) is 2. The number of amides is 1. The molecule has 0 radical (unpaired) electrons. The van der Waals surface area contributed by atoms with Crippen molar-refractivity contribution in [3.05, 3.63) is 34.3 Å². The maximum atomic E-state index is 12.5. The van der Waals surface area contributed by atoms with E-state index in [0.717, 1.165) is 17.6 Å². The summed E-state index contributed by atoms with van der Waals surface area (Å²) in [5.41, 5.74) is 1.24. The van der Waals surface area contributed by atoms with E-state index < -0.39 is 0 Å². The van der Waals surface area contributed by atoms with Crippen molar-refractivity contribution < 1.29 is 14.3 Å². The standard InChI is InChI=1S/C16H21BrN2O3/c17-14-3-1-2-13(10-14)11-18-4-9-22-15(12-18)16(20)19-5-7-21-8-6-19/h1-3,10,15H,4-9,11-12H2. The van der Waals surface area contributed by atoms with Crippen molar-refractivity contribution in [1.29, 1.82) is 0 Å². The average molecular weight is 369 g/mol. The Balaban J connectivity index is 1.57. The minimum atomic E-state index is -0.348. The van der Waals surface area contributed by atoms with Crippen LogP contribution in [0.5, 0.6) is 0 Å². The van der Waals surface area contributed by atoms with Gasteiger partial charge in [0.1, 0.15) is 6.10 Å². The maximum absolute atomic E-state index is 12.5. The fraction of sp³-hybridized carbons (Fsp3) is 0.562. The molecule has 120 valence electrons. The molecule has 6 heteroatoms. The lowest BCUT2D eigenvalue weighted by Crippen LogP contribution is -2.53. The van der Waals surface area contributed by atoms with E-state index in [4.69, 9.17) is 9.47 Å². The van der Waals surface area contributed by atoms with Gasteiger partial charge in [0.05, 0.1) is 19.8 Å². The smallest absolute Gasteiger partial charge is 0.253 e. The van der Waals surface area contributed by atoms with Gasteiger partial charge in [0.15, 0.2) is 0 Å². The SMILES string of the molecule is O=C(C1CN(Cc2cccc(Br)c2)CCO1)N1CCOCC1. The van der Waals surface area contributed by atoms with Crippen LogP contribution in [0.25, 0.3) is 0 Å². The van der Waals surface area contributed by atoms with Gasteiger partial charge >= 0.3 is 0 Å². The number of carbonyl (C=O) groups is 1. The van der Waals surface area contributed by atoms with Gasteiger partial charge in [0.2, 0.25) is 0 Å². The normalized spacial score (nSPS) is 23.5. The summed E-state index contributed by atoms with van der Waals surface area (Å²) >= 11 is 3.50. The lowest BCUT2D eigenvalue weighted by molar-refractivity contribution is -0.153. The fourth-order valence-electron chi connectivity index (χ4n) is 2.88. The van der Waals surface area contributed by atoms with Gasteiger partial charge in [-0.25, -0.2) is 0 Å². The Labute approximate surface area is 139 Å². The van der Waals surface area contributed by atoms with Crippen LogP contribution in [0.15, 0.2) is 28.7 Å². The zero-order chi connectivity index (χ0) is 15.4. The highest BCUT2D eigenvalue weighted by Crippen LogP contribution is 2.16. The average Bonchev–Trinajstić information content (AvgIpc) is 2.55. The van der Waals surface area contributed by atoms with Crippen molar-refractivity contribution in [2.75, 3.05) is 46.0 Å². The molecule has 22 heavy (non-hydrogen) atoms. The molecule has 1 atom stereocenters. The van der Waals surface area contributed by atoms with Gasteiger partial charge in [-0.2, -0.15) is 0 Å². The van der Waals surface area contributed by atoms with E-state index in [1.165, 1.54) is 5.56 Å². The number of benzene rings is 1. The van der Waals surface area contributed by atoms with Crippen molar-refractivity contribution in [2.24, 2.45) is 0 Å². The van der Waals surface area contributed by atoms with E-state index in [1.807, 2.05) is 17.0 Å². The molecule has 5 nitrogen and oxygen atoms in total. The molecule has 0 N–H and O–H groups in total. The van der Waals surface area contributed by atoms with E-state index >= 15 is 0 Å². The summed E-state index contributed by atoms with van der Waals surface area (Å²) in [7, 11) is 0. The number of carbonyl (C=O) groups excluding carboxylic acids is 1. The number of halogens is 1. The molecular weight excluding hydrogens is 348 g/mol. The van der Waals surface area contributed by atoms with Crippen LogP contribution in [0.1, 0.15) is 5.56 Å². The minimum absolute atomic E-state index is 0.0993. The lowest BCUT2D eigenvalue weighted by atomic mass is 10.1. The Morgan fingerprint density at radius 1 is 1.23 bits per heavy atom. The second-order valence-corrected chi connectivity index (χ2v) is 6.58. The zero-order valence-electron chi connectivity index (χ0n) is 12.5. The molecule has 1 aromatic rings. The third kappa shape index (κ3) is 4.07. The second-order valence-electron chi connectivity index (χ2n) is 5.66. The van der Waals surface area contributed by atoms with Crippen molar-refractivity contribution in [3.63, 3.8) is 0 Å². The number of hydrogen-bond donors (Lipinski definition) is 0. The molecule has 2 aliphatic rings. The molecule has 2 saturated heterocycles. The van der Waals surface area contributed by atoms with Gasteiger partial charge in [-0.05, 0) is 17.7 Å². The number of rotatable bonds is 3. The number of morpholine rings is 2. The maximum Gasteiger partial charge on any atom is 0.253 e. The summed E-state index contributed by atoms with van der Waals surface area (Å²) in [6.07, 6.45) is -0.348. The molecule has 0 aliphatic carbocycles. The van der Waals surface area contributed by atoms with Crippen LogP contribution < -0.4 is 0 Å². The van der Waals surface area contributed by atoms with E-state index in [9.17, 15) is 4.79 Å². The predicted molar refractivity (Wildman–Crippen MR) is 86.6 cm³/mol. The predicted octanol–water partition coefficient (Wildman–Crippen LogP) is 1.51. The highest BCUT2D eigenvalue weighted by Gasteiger charge is 2.30. The first-order valence-corrected chi connectivity index (χ1v) is 8.46. The molecule has 0 saturated carbocycles. The highest BCUT2D eigenvalue weighted by molar-refractivity contribution is 9.10. The summed E-state index contributed by atoms with van der Waals surface area (Å²) in [6.45, 7) is 5.56. The van der Waals surface area contributed by atoms with Crippen LogP contribution >= 0.6 is 15.9 Å². The molecule has 0 bridgehead atoms. The first-order chi connectivity index (χ1) is 10.7. The number of nitrogens with zero attached hydrogens (tertiary/aromatic N) is 2. The van der Waals surface area contributed by atoms with Crippen molar-refractivity contribution in [1.82, 2.24) is 9.80 Å². The molecule has 3 rings (SSSR count). The summed E-state index contributed by atoms with van der Waals surface area (Å²) in [5.74, 6) is 0.0993. The molecule has 1 amide bonds. The Morgan fingerprint density at radius 2 is 2.05 bits per heavy atom. The van der Waals surface area contributed by atoms with Crippen LogP contribution in [0.4, 0.5) is 0 Å². The van der Waals surface area contributed by atoms with E-state index in [2.05, 4.69) is 33.0 Å². The van der Waals surface area contributed by atoms with Crippen LogP contribution in [0, 0.1) is 0 Å². The van der Waals surface area contributed by atoms with Crippen molar-refractivity contribution >= 4 is 21.8 Å². The lowest BCUT2D eigenvalue weighted by Gasteiger charge is -2.36. The van der Waals surface area contributed by atoms with Gasteiger partial charge in [-0.15, -0.1) is 0 Å². The van der Waals surface area contributed by atoms with Crippen LogP contribution in [0.3, 0.4) is 0 Å². The van der Waals surface area contributed by atoms with Gasteiger partial charge in [-0.1, -0.05) is 28.1 Å². The van der Waals surface area contributed by atoms with Crippen molar-refractivity contribution in [2.45, 2.75) is 12.6 Å². The third-order valence-electron chi connectivity index (χ3n) is 4.04. The Morgan fingerprint density at radius 3 is 2.82 bits per heavy atom. The molecule has 1 aromatic carbocycles. The van der Waals surface area contributed by atoms with Gasteiger partial charge in [0, 0.05) is 37.2 Å². The topological polar surface area (TPSA) is 42.0 Å². The number of hydrogen-bond acceptors (Lipinski definition) is 4. The highest BCUT2D eigenvalue weighted by atomic mass is 79.9. The first kappa shape index (κ1) is 15.9. The minimum Gasteiger partial charge on any atom is -0.378 e. The third-order valence-corrected chi connectivity index (χ3v) is 4.54. The first-order valence-electron chi connectivity index (χ1n) is 7.67. The summed E-state index contributed by atoms with van der Waals surface area (Å²) in [4.78, 5) is 16.7. The monoisotopic (exact) mass is 368 g/mol. The Kier molecular flexibility index (Phi) is 5.46. The van der Waals surface area contributed by atoms with Gasteiger partial charge in [-0.3, -0.25) is 9.69 Å². The van der Waals surface area contributed by atoms with Gasteiger partial charge < -0.3 is 14.4 Å². The summed E-state index contributed by atoms with van der Waals surface area (Å²) in [5, 5.41) is 0. The molecule has 1 unspecified atom stereocenters. The van der Waals surface area contributed by atoms with Crippen molar-refractivity contribution in [3.8, 4) is 0 Å². The fourth-order valence-corrected chi connectivity index (χ4v) is 3.32. The molecular formula is C16H21BrN2O3. The summed E-state index contributed by atoms with van der Waals surface area (Å²) in [6, 6.07) is 8.29. The molecule has 2 heterocycles. The second kappa shape index (κ2) is 7.55. The van der Waals surface area contributed by atoms with E-state index in [1.54, 1.807) is 0 Å². The quantitative estimate of drug-likeness (QED) is 0.810. The van der Waals surface area contributed by atoms with Crippen LogP contribution in [0.2, 0.25) is 0 Å². The molecule has 2 fully saturated rings. The van der Waals surface area contributed by atoms with E-state index in [0.29, 0.717) is 39.5 Å². The van der Waals surface area contributed by atoms with Crippen LogP contribution in [-0.2, 0) is 20.8 Å². The molecule has 2 aliphatic heterocycles. The molecule has 0 aromatic heterocycles.